The predicted octanol–water partition coefficient (Wildman–Crippen LogP) is 6.96. The third-order valence-electron chi connectivity index (χ3n) is 6.27. The Hall–Kier alpha value is -3.98. The van der Waals surface area contributed by atoms with Gasteiger partial charge in [-0.3, -0.25) is 0 Å². The molecule has 0 aliphatic carbocycles. The summed E-state index contributed by atoms with van der Waals surface area (Å²) in [5.41, 5.74) is -1.61. The zero-order chi connectivity index (χ0) is 23.4. The minimum absolute atomic E-state index is 0.406. The second kappa shape index (κ2) is 6.12. The van der Waals surface area contributed by atoms with Crippen LogP contribution in [0.2, 0.25) is 0 Å². The lowest BCUT2D eigenvalue weighted by Gasteiger charge is -2.09. The van der Waals surface area contributed by atoms with Gasteiger partial charge in [0.15, 0.2) is 0 Å². The van der Waals surface area contributed by atoms with Crippen molar-refractivity contribution in [1.29, 1.82) is 0 Å². The Balaban J connectivity index is 1.65. The molecule has 0 amide bonds. The van der Waals surface area contributed by atoms with Crippen LogP contribution in [0.5, 0.6) is 5.75 Å². The van der Waals surface area contributed by atoms with Crippen LogP contribution in [-0.2, 0) is 10.1 Å². The molecule has 0 fully saturated rings. The number of benzene rings is 4. The summed E-state index contributed by atoms with van der Waals surface area (Å²) >= 11 is 0. The molecule has 0 aliphatic heterocycles. The smallest absolute Gasteiger partial charge is 0.455 e. The average molecular weight is 479 g/mol. The van der Waals surface area contributed by atoms with Gasteiger partial charge in [-0.2, -0.15) is 21.6 Å². The van der Waals surface area contributed by atoms with Gasteiger partial charge >= 0.3 is 15.6 Å². The van der Waals surface area contributed by atoms with Gasteiger partial charge < -0.3 is 13.0 Å². The summed E-state index contributed by atoms with van der Waals surface area (Å²) in [5.74, 6) is -0.406. The number of hydrogen-bond acceptors (Lipinski definition) is 4. The molecule has 3 aromatic heterocycles. The van der Waals surface area contributed by atoms with Crippen LogP contribution < -0.4 is 4.18 Å². The zero-order valence-electron chi connectivity index (χ0n) is 17.1. The number of fused-ring (bicyclic) bond motifs is 10. The second-order valence-corrected chi connectivity index (χ2v) is 9.68. The number of halogens is 3. The SMILES string of the molecule is O=S(=O)(Oc1ccc2c(c1)c1cc3c4ccccc4oc3c3c4ccccc4n2c13)C(F)(F)F. The first-order chi connectivity index (χ1) is 16.2. The highest BCUT2D eigenvalue weighted by Gasteiger charge is 2.48. The molecule has 0 saturated carbocycles. The first kappa shape index (κ1) is 19.5. The minimum atomic E-state index is -5.79. The maximum atomic E-state index is 12.9. The van der Waals surface area contributed by atoms with Crippen molar-refractivity contribution >= 4 is 70.2 Å². The summed E-state index contributed by atoms with van der Waals surface area (Å²) in [7, 11) is -5.79. The standard InChI is InChI=1S/C25H12F3NO4S/c26-25(27,28)34(30,31)33-13-9-10-20-16(11-13)17-12-18-14-5-2-4-8-21(14)32-24(18)22-15-6-1-3-7-19(15)29(20)23(17)22/h1-12H. The Labute approximate surface area is 189 Å². The van der Waals surface area contributed by atoms with Gasteiger partial charge in [-0.25, -0.2) is 0 Å². The Bertz CT molecular complexity index is 2050. The summed E-state index contributed by atoms with van der Waals surface area (Å²) in [6.45, 7) is 0. The van der Waals surface area contributed by atoms with Crippen LogP contribution in [-0.4, -0.2) is 18.3 Å². The molecule has 0 atom stereocenters. The van der Waals surface area contributed by atoms with E-state index in [1.54, 1.807) is 6.07 Å². The van der Waals surface area contributed by atoms with Crippen molar-refractivity contribution < 1.29 is 30.2 Å². The lowest BCUT2D eigenvalue weighted by atomic mass is 10.0. The third kappa shape index (κ3) is 2.36. The van der Waals surface area contributed by atoms with E-state index in [0.29, 0.717) is 5.39 Å². The van der Waals surface area contributed by atoms with Gasteiger partial charge in [0.2, 0.25) is 0 Å². The molecule has 0 aliphatic rings. The number of hydrogen-bond donors (Lipinski definition) is 0. The molecule has 4 aromatic carbocycles. The van der Waals surface area contributed by atoms with Crippen molar-refractivity contribution in [2.75, 3.05) is 0 Å². The van der Waals surface area contributed by atoms with Gasteiger partial charge in [0.05, 0.1) is 21.9 Å². The Morgan fingerprint density at radius 3 is 2.26 bits per heavy atom. The summed E-state index contributed by atoms with van der Waals surface area (Å²) in [5, 5.41) is 4.98. The van der Waals surface area contributed by atoms with Gasteiger partial charge in [0.1, 0.15) is 16.9 Å². The number of aromatic nitrogens is 1. The van der Waals surface area contributed by atoms with E-state index in [9.17, 15) is 21.6 Å². The molecule has 0 N–H and O–H groups in total. The molecule has 9 heteroatoms. The van der Waals surface area contributed by atoms with Crippen molar-refractivity contribution in [1.82, 2.24) is 4.40 Å². The largest absolute Gasteiger partial charge is 0.534 e. The number of alkyl halides is 3. The molecule has 7 aromatic rings. The van der Waals surface area contributed by atoms with Crippen molar-refractivity contribution in [3.63, 3.8) is 0 Å². The molecule has 0 radical (unpaired) electrons. The summed E-state index contributed by atoms with van der Waals surface area (Å²) in [6.07, 6.45) is 0. The van der Waals surface area contributed by atoms with Crippen LogP contribution in [0.1, 0.15) is 0 Å². The van der Waals surface area contributed by atoms with Crippen LogP contribution in [0, 0.1) is 0 Å². The Morgan fingerprint density at radius 1 is 0.765 bits per heavy atom. The predicted molar refractivity (Wildman–Crippen MR) is 124 cm³/mol. The average Bonchev–Trinajstić information content (AvgIpc) is 3.43. The van der Waals surface area contributed by atoms with E-state index in [1.807, 2.05) is 59.0 Å². The molecular weight excluding hydrogens is 467 g/mol. The monoisotopic (exact) mass is 479 g/mol. The van der Waals surface area contributed by atoms with E-state index in [2.05, 4.69) is 4.18 Å². The van der Waals surface area contributed by atoms with Crippen LogP contribution >= 0.6 is 0 Å². The molecule has 0 bridgehead atoms. The van der Waals surface area contributed by atoms with Gasteiger partial charge in [0, 0.05) is 26.9 Å². The highest BCUT2D eigenvalue weighted by molar-refractivity contribution is 7.88. The Morgan fingerprint density at radius 2 is 1.47 bits per heavy atom. The van der Waals surface area contributed by atoms with E-state index < -0.39 is 21.4 Å². The van der Waals surface area contributed by atoms with E-state index >= 15 is 0 Å². The minimum Gasteiger partial charge on any atom is -0.455 e. The number of nitrogens with zero attached hydrogens (tertiary/aromatic N) is 1. The Kier molecular flexibility index (Phi) is 3.51. The van der Waals surface area contributed by atoms with Crippen LogP contribution in [0.3, 0.4) is 0 Å². The molecule has 34 heavy (non-hydrogen) atoms. The van der Waals surface area contributed by atoms with Gasteiger partial charge in [-0.1, -0.05) is 36.4 Å². The zero-order valence-corrected chi connectivity index (χ0v) is 17.9. The van der Waals surface area contributed by atoms with Gasteiger partial charge in [-0.15, -0.1) is 0 Å². The molecular formula is C25H12F3NO4S. The number of rotatable bonds is 2. The van der Waals surface area contributed by atoms with E-state index in [1.165, 1.54) is 12.1 Å². The number of furan rings is 1. The normalized spacial score (nSPS) is 13.4. The van der Waals surface area contributed by atoms with Crippen molar-refractivity contribution in [3.8, 4) is 5.75 Å². The van der Waals surface area contributed by atoms with E-state index in [0.717, 1.165) is 54.6 Å². The van der Waals surface area contributed by atoms with E-state index in [4.69, 9.17) is 4.42 Å². The number of para-hydroxylation sites is 2. The summed E-state index contributed by atoms with van der Waals surface area (Å²) in [4.78, 5) is 0. The second-order valence-electron chi connectivity index (χ2n) is 8.14. The molecule has 168 valence electrons. The topological polar surface area (TPSA) is 60.9 Å². The first-order valence-electron chi connectivity index (χ1n) is 10.3. The lowest BCUT2D eigenvalue weighted by molar-refractivity contribution is -0.0500. The third-order valence-corrected chi connectivity index (χ3v) is 7.25. The maximum absolute atomic E-state index is 12.9. The fraction of sp³-hybridized carbons (Fsp3) is 0.0400. The van der Waals surface area contributed by atoms with Crippen LogP contribution in [0.15, 0.2) is 77.2 Å². The van der Waals surface area contributed by atoms with Gasteiger partial charge in [0.25, 0.3) is 0 Å². The molecule has 7 rings (SSSR count). The molecule has 0 unspecified atom stereocenters. The summed E-state index contributed by atoms with van der Waals surface area (Å²) in [6, 6.07) is 21.5. The quantitative estimate of drug-likeness (QED) is 0.199. The molecule has 5 nitrogen and oxygen atoms in total. The fourth-order valence-corrected chi connectivity index (χ4v) is 5.39. The highest BCUT2D eigenvalue weighted by Crippen LogP contribution is 2.46. The van der Waals surface area contributed by atoms with Crippen LogP contribution in [0.4, 0.5) is 13.2 Å². The van der Waals surface area contributed by atoms with Crippen molar-refractivity contribution in [3.05, 3.63) is 72.8 Å². The molecule has 0 spiro atoms. The van der Waals surface area contributed by atoms with E-state index in [-0.39, 0.29) is 0 Å². The van der Waals surface area contributed by atoms with Crippen LogP contribution in [0.25, 0.3) is 60.0 Å². The van der Waals surface area contributed by atoms with Crippen molar-refractivity contribution in [2.45, 2.75) is 5.51 Å². The first-order valence-corrected chi connectivity index (χ1v) is 11.7. The van der Waals surface area contributed by atoms with Gasteiger partial charge in [-0.05, 0) is 36.4 Å². The highest BCUT2D eigenvalue weighted by atomic mass is 32.2. The maximum Gasteiger partial charge on any atom is 0.534 e. The summed E-state index contributed by atoms with van der Waals surface area (Å²) < 4.78 is 74.5. The van der Waals surface area contributed by atoms with Crippen molar-refractivity contribution in [2.24, 2.45) is 0 Å². The fourth-order valence-electron chi connectivity index (χ4n) is 4.94. The lowest BCUT2D eigenvalue weighted by Crippen LogP contribution is -2.28. The molecule has 3 heterocycles. The molecule has 0 saturated heterocycles.